The molecule has 2 aliphatic heterocycles. The van der Waals surface area contributed by atoms with E-state index in [1.807, 2.05) is 35.4 Å². The molecule has 2 aliphatic rings. The first kappa shape index (κ1) is 6.28. The van der Waals surface area contributed by atoms with Gasteiger partial charge in [0.1, 0.15) is 5.76 Å². The highest BCUT2D eigenvalue weighted by atomic mass is 16.3. The summed E-state index contributed by atoms with van der Waals surface area (Å²) in [6.07, 6.45) is 11.4. The Hall–Kier alpha value is -1.44. The van der Waals surface area contributed by atoms with Crippen LogP contribution >= 0.6 is 0 Å². The Morgan fingerprint density at radius 3 is 3.00 bits per heavy atom. The van der Waals surface area contributed by atoms with Crippen molar-refractivity contribution < 1.29 is 5.11 Å². The maximum Gasteiger partial charge on any atom is 0.139 e. The SMILES string of the molecule is OC1=CC=CN2CC=CC=C12. The van der Waals surface area contributed by atoms with Crippen LogP contribution in [0.15, 0.2) is 48.0 Å². The Balaban J connectivity index is 2.40. The van der Waals surface area contributed by atoms with Crippen LogP contribution in [-0.4, -0.2) is 16.6 Å². The first-order chi connectivity index (χ1) is 5.38. The topological polar surface area (TPSA) is 23.5 Å². The molecule has 0 saturated heterocycles. The standard InChI is InChI=1S/C9H9NO/c11-9-5-3-7-10-6-2-1-4-8(9)10/h1-5,7,11H,6H2. The summed E-state index contributed by atoms with van der Waals surface area (Å²) >= 11 is 0. The van der Waals surface area contributed by atoms with E-state index in [-0.39, 0.29) is 0 Å². The molecule has 2 rings (SSSR count). The van der Waals surface area contributed by atoms with E-state index in [1.54, 1.807) is 6.08 Å². The lowest BCUT2D eigenvalue weighted by Gasteiger charge is -2.25. The molecule has 1 N–H and O–H groups in total. The third-order valence-corrected chi connectivity index (χ3v) is 1.78. The second-order valence-corrected chi connectivity index (χ2v) is 2.53. The lowest BCUT2D eigenvalue weighted by molar-refractivity contribution is 0.370. The number of hydrogen-bond donors (Lipinski definition) is 1. The molecule has 0 unspecified atom stereocenters. The van der Waals surface area contributed by atoms with Crippen LogP contribution in [0.3, 0.4) is 0 Å². The number of allylic oxidation sites excluding steroid dienone is 4. The van der Waals surface area contributed by atoms with E-state index in [0.717, 1.165) is 12.2 Å². The third-order valence-electron chi connectivity index (χ3n) is 1.78. The van der Waals surface area contributed by atoms with Crippen molar-refractivity contribution in [2.75, 3.05) is 6.54 Å². The van der Waals surface area contributed by atoms with Gasteiger partial charge in [-0.25, -0.2) is 0 Å². The Morgan fingerprint density at radius 1 is 1.27 bits per heavy atom. The van der Waals surface area contributed by atoms with E-state index < -0.39 is 0 Å². The Labute approximate surface area is 65.4 Å². The van der Waals surface area contributed by atoms with E-state index in [1.165, 1.54) is 0 Å². The smallest absolute Gasteiger partial charge is 0.139 e. The first-order valence-electron chi connectivity index (χ1n) is 3.59. The summed E-state index contributed by atoms with van der Waals surface area (Å²) in [5.74, 6) is 0.344. The number of nitrogens with zero attached hydrogens (tertiary/aromatic N) is 1. The number of aliphatic hydroxyl groups is 1. The molecule has 0 atom stereocenters. The first-order valence-corrected chi connectivity index (χ1v) is 3.59. The van der Waals surface area contributed by atoms with Gasteiger partial charge in [0.15, 0.2) is 0 Å². The molecular weight excluding hydrogens is 138 g/mol. The Kier molecular flexibility index (Phi) is 1.32. The molecule has 56 valence electrons. The summed E-state index contributed by atoms with van der Waals surface area (Å²) in [7, 11) is 0. The summed E-state index contributed by atoms with van der Waals surface area (Å²) < 4.78 is 0. The van der Waals surface area contributed by atoms with Crippen molar-refractivity contribution in [3.8, 4) is 0 Å². The second kappa shape index (κ2) is 2.31. The van der Waals surface area contributed by atoms with Crippen LogP contribution in [0, 0.1) is 0 Å². The highest BCUT2D eigenvalue weighted by Crippen LogP contribution is 2.20. The predicted molar refractivity (Wildman–Crippen MR) is 43.8 cm³/mol. The van der Waals surface area contributed by atoms with E-state index >= 15 is 0 Å². The van der Waals surface area contributed by atoms with Gasteiger partial charge < -0.3 is 10.0 Å². The fourth-order valence-corrected chi connectivity index (χ4v) is 1.22. The lowest BCUT2D eigenvalue weighted by Crippen LogP contribution is -2.21. The molecule has 2 heteroatoms. The van der Waals surface area contributed by atoms with Gasteiger partial charge >= 0.3 is 0 Å². The van der Waals surface area contributed by atoms with Crippen LogP contribution in [0.25, 0.3) is 0 Å². The van der Waals surface area contributed by atoms with E-state index in [2.05, 4.69) is 0 Å². The number of rotatable bonds is 0. The van der Waals surface area contributed by atoms with Gasteiger partial charge in [-0.3, -0.25) is 0 Å². The van der Waals surface area contributed by atoms with Gasteiger partial charge in [-0.1, -0.05) is 12.2 Å². The van der Waals surface area contributed by atoms with Crippen LogP contribution in [0.2, 0.25) is 0 Å². The molecule has 11 heavy (non-hydrogen) atoms. The molecule has 0 spiro atoms. The van der Waals surface area contributed by atoms with Crippen LogP contribution in [0.1, 0.15) is 0 Å². The quantitative estimate of drug-likeness (QED) is 0.563. The molecule has 0 aliphatic carbocycles. The molecule has 2 nitrogen and oxygen atoms in total. The average Bonchev–Trinajstić information content (AvgIpc) is 2.06. The van der Waals surface area contributed by atoms with Crippen LogP contribution in [0.4, 0.5) is 0 Å². The lowest BCUT2D eigenvalue weighted by atomic mass is 10.2. The maximum atomic E-state index is 9.37. The highest BCUT2D eigenvalue weighted by Gasteiger charge is 2.13. The molecular formula is C9H9NO. The van der Waals surface area contributed by atoms with E-state index in [9.17, 15) is 5.11 Å². The van der Waals surface area contributed by atoms with E-state index in [0.29, 0.717) is 5.76 Å². The van der Waals surface area contributed by atoms with Gasteiger partial charge in [-0.15, -0.1) is 0 Å². The summed E-state index contributed by atoms with van der Waals surface area (Å²) in [6.45, 7) is 0.847. The zero-order valence-electron chi connectivity index (χ0n) is 6.07. The van der Waals surface area contributed by atoms with Crippen molar-refractivity contribution in [2.45, 2.75) is 0 Å². The maximum absolute atomic E-state index is 9.37. The van der Waals surface area contributed by atoms with Crippen molar-refractivity contribution in [3.63, 3.8) is 0 Å². The van der Waals surface area contributed by atoms with Gasteiger partial charge in [0.25, 0.3) is 0 Å². The second-order valence-electron chi connectivity index (χ2n) is 2.53. The number of fused-ring (bicyclic) bond motifs is 1. The molecule has 0 aromatic rings. The van der Waals surface area contributed by atoms with Gasteiger partial charge in [0.05, 0.1) is 5.70 Å². The summed E-state index contributed by atoms with van der Waals surface area (Å²) in [5, 5.41) is 9.37. The number of hydrogen-bond acceptors (Lipinski definition) is 2. The largest absolute Gasteiger partial charge is 0.506 e. The molecule has 0 saturated carbocycles. The van der Waals surface area contributed by atoms with Gasteiger partial charge in [0.2, 0.25) is 0 Å². The zero-order chi connectivity index (χ0) is 7.68. The van der Waals surface area contributed by atoms with Crippen molar-refractivity contribution in [2.24, 2.45) is 0 Å². The normalized spacial score (nSPS) is 20.9. The minimum absolute atomic E-state index is 0.344. The van der Waals surface area contributed by atoms with Gasteiger partial charge in [-0.05, 0) is 18.2 Å². The molecule has 0 radical (unpaired) electrons. The summed E-state index contributed by atoms with van der Waals surface area (Å²) in [6, 6.07) is 0. The van der Waals surface area contributed by atoms with Crippen molar-refractivity contribution in [1.29, 1.82) is 0 Å². The summed E-state index contributed by atoms with van der Waals surface area (Å²) in [5.41, 5.74) is 0.884. The van der Waals surface area contributed by atoms with Crippen molar-refractivity contribution in [3.05, 3.63) is 48.0 Å². The van der Waals surface area contributed by atoms with Crippen LogP contribution in [0.5, 0.6) is 0 Å². The molecule has 0 aromatic carbocycles. The zero-order valence-corrected chi connectivity index (χ0v) is 6.07. The van der Waals surface area contributed by atoms with Gasteiger partial charge in [-0.2, -0.15) is 0 Å². The fraction of sp³-hybridized carbons (Fsp3) is 0.111. The Morgan fingerprint density at radius 2 is 2.18 bits per heavy atom. The van der Waals surface area contributed by atoms with Crippen LogP contribution in [-0.2, 0) is 0 Å². The minimum atomic E-state index is 0.344. The predicted octanol–water partition coefficient (Wildman–Crippen LogP) is 1.71. The number of aliphatic hydroxyl groups excluding tert-OH is 1. The molecule has 0 fully saturated rings. The molecule has 2 heterocycles. The minimum Gasteiger partial charge on any atom is -0.506 e. The fourth-order valence-electron chi connectivity index (χ4n) is 1.22. The monoisotopic (exact) mass is 147 g/mol. The summed E-state index contributed by atoms with van der Waals surface area (Å²) in [4.78, 5) is 2.00. The van der Waals surface area contributed by atoms with E-state index in [4.69, 9.17) is 0 Å². The molecule has 0 aromatic heterocycles. The molecule has 0 amide bonds. The van der Waals surface area contributed by atoms with Crippen LogP contribution < -0.4 is 0 Å². The molecule has 0 bridgehead atoms. The Bertz CT molecular complexity index is 284. The third kappa shape index (κ3) is 0.963. The highest BCUT2D eigenvalue weighted by molar-refractivity contribution is 5.37. The van der Waals surface area contributed by atoms with Crippen molar-refractivity contribution in [1.82, 2.24) is 4.90 Å². The average molecular weight is 147 g/mol. The van der Waals surface area contributed by atoms with Gasteiger partial charge in [0, 0.05) is 12.7 Å². The van der Waals surface area contributed by atoms with Crippen molar-refractivity contribution >= 4 is 0 Å².